The highest BCUT2D eigenvalue weighted by Crippen LogP contribution is 2.27. The van der Waals surface area contributed by atoms with Crippen LogP contribution in [0.15, 0.2) is 0 Å². The molecule has 0 atom stereocenters. The summed E-state index contributed by atoms with van der Waals surface area (Å²) in [5.41, 5.74) is 0. The van der Waals surface area contributed by atoms with Crippen molar-refractivity contribution in [3.05, 3.63) is 0 Å². The second kappa shape index (κ2) is 4.06. The average Bonchev–Trinajstić information content (AvgIpc) is 1.88. The smallest absolute Gasteiger partial charge is 0.275 e. The van der Waals surface area contributed by atoms with Crippen LogP contribution in [0.1, 0.15) is 32.1 Å². The van der Waals surface area contributed by atoms with Gasteiger partial charge in [-0.3, -0.25) is 8.22 Å². The second-order valence-corrected chi connectivity index (χ2v) is 4.38. The van der Waals surface area contributed by atoms with Crippen molar-refractivity contribution < 1.29 is 8.22 Å². The Balaban J connectivity index is 2.13. The fourth-order valence-electron chi connectivity index (χ4n) is 1.67. The third-order valence-corrected chi connectivity index (χ3v) is 3.26. The Morgan fingerprint density at radius 3 is 2.20 bits per heavy atom. The van der Waals surface area contributed by atoms with Gasteiger partial charge in [0.15, 0.2) is 0 Å². The van der Waals surface area contributed by atoms with Crippen molar-refractivity contribution in [1.82, 2.24) is 0 Å². The Morgan fingerprint density at radius 2 is 1.70 bits per heavy atom. The number of hydrogen-bond acceptors (Lipinski definition) is 0. The molecule has 0 radical (unpaired) electrons. The molecule has 3 heteroatoms. The van der Waals surface area contributed by atoms with E-state index in [0.717, 1.165) is 12.8 Å². The molecule has 0 bridgehead atoms. The molecular weight excluding hydrogens is 150 g/mol. The molecule has 0 aromatic rings. The van der Waals surface area contributed by atoms with Gasteiger partial charge in [0, 0.05) is 0 Å². The fraction of sp³-hybridized carbons (Fsp3) is 1.00. The molecule has 0 N–H and O–H groups in total. The number of halogens is 2. The van der Waals surface area contributed by atoms with E-state index in [9.17, 15) is 8.22 Å². The third kappa shape index (κ3) is 2.77. The van der Waals surface area contributed by atoms with E-state index >= 15 is 0 Å². The zero-order valence-corrected chi connectivity index (χ0v) is 7.31. The molecular formula is C7H14F2Si. The summed E-state index contributed by atoms with van der Waals surface area (Å²) < 4.78 is 23.9. The molecule has 1 rings (SSSR count). The van der Waals surface area contributed by atoms with Crippen molar-refractivity contribution >= 4 is 9.46 Å². The lowest BCUT2D eigenvalue weighted by Gasteiger charge is -2.20. The van der Waals surface area contributed by atoms with Gasteiger partial charge in [0.2, 0.25) is 0 Å². The summed E-state index contributed by atoms with van der Waals surface area (Å²) in [7, 11) is -3.24. The monoisotopic (exact) mass is 164 g/mol. The molecule has 0 aliphatic heterocycles. The standard InChI is InChI=1S/C7H14F2Si/c8-10(9)6-7-4-2-1-3-5-7/h7,10H,1-6H2. The van der Waals surface area contributed by atoms with Crippen LogP contribution >= 0.6 is 0 Å². The summed E-state index contributed by atoms with van der Waals surface area (Å²) in [5, 5.41) is 0. The molecule has 10 heavy (non-hydrogen) atoms. The van der Waals surface area contributed by atoms with Crippen LogP contribution in [0.3, 0.4) is 0 Å². The summed E-state index contributed by atoms with van der Waals surface area (Å²) in [6.07, 6.45) is 5.77. The van der Waals surface area contributed by atoms with Gasteiger partial charge < -0.3 is 0 Å². The lowest BCUT2D eigenvalue weighted by atomic mass is 9.91. The van der Waals surface area contributed by atoms with Crippen molar-refractivity contribution in [1.29, 1.82) is 0 Å². The summed E-state index contributed by atoms with van der Waals surface area (Å²) in [6, 6.07) is 0.278. The van der Waals surface area contributed by atoms with Gasteiger partial charge in [-0.25, -0.2) is 0 Å². The molecule has 1 fully saturated rings. The van der Waals surface area contributed by atoms with E-state index in [4.69, 9.17) is 0 Å². The van der Waals surface area contributed by atoms with Gasteiger partial charge in [-0.15, -0.1) is 0 Å². The molecule has 0 unspecified atom stereocenters. The van der Waals surface area contributed by atoms with Gasteiger partial charge in [-0.1, -0.05) is 32.1 Å². The molecule has 0 heterocycles. The van der Waals surface area contributed by atoms with Crippen LogP contribution < -0.4 is 0 Å². The predicted octanol–water partition coefficient (Wildman–Crippen LogP) is 2.73. The first kappa shape index (κ1) is 8.18. The van der Waals surface area contributed by atoms with Crippen molar-refractivity contribution in [2.75, 3.05) is 0 Å². The minimum atomic E-state index is -3.24. The predicted molar refractivity (Wildman–Crippen MR) is 40.7 cm³/mol. The zero-order valence-electron chi connectivity index (χ0n) is 6.15. The number of hydrogen-bond donors (Lipinski definition) is 0. The summed E-state index contributed by atoms with van der Waals surface area (Å²) in [4.78, 5) is 0. The van der Waals surface area contributed by atoms with E-state index in [1.165, 1.54) is 19.3 Å². The largest absolute Gasteiger partial charge is 0.411 e. The van der Waals surface area contributed by atoms with Crippen molar-refractivity contribution in [3.63, 3.8) is 0 Å². The van der Waals surface area contributed by atoms with E-state index in [2.05, 4.69) is 0 Å². The quantitative estimate of drug-likeness (QED) is 0.435. The lowest BCUT2D eigenvalue weighted by molar-refractivity contribution is 0.373. The van der Waals surface area contributed by atoms with E-state index < -0.39 is 9.46 Å². The molecule has 60 valence electrons. The molecule has 0 aromatic carbocycles. The van der Waals surface area contributed by atoms with Crippen LogP contribution in [0.5, 0.6) is 0 Å². The summed E-state index contributed by atoms with van der Waals surface area (Å²) >= 11 is 0. The maximum absolute atomic E-state index is 12.0. The van der Waals surface area contributed by atoms with Gasteiger partial charge >= 0.3 is 9.46 Å². The normalized spacial score (nSPS) is 21.9. The number of rotatable bonds is 2. The first-order valence-electron chi connectivity index (χ1n) is 4.07. The van der Waals surface area contributed by atoms with Crippen molar-refractivity contribution in [2.45, 2.75) is 38.1 Å². The second-order valence-electron chi connectivity index (χ2n) is 3.13. The van der Waals surface area contributed by atoms with Gasteiger partial charge in [-0.2, -0.15) is 0 Å². The van der Waals surface area contributed by atoms with Gasteiger partial charge in [0.05, 0.1) is 0 Å². The van der Waals surface area contributed by atoms with Crippen molar-refractivity contribution in [2.24, 2.45) is 5.92 Å². The Morgan fingerprint density at radius 1 is 1.10 bits per heavy atom. The highest BCUT2D eigenvalue weighted by molar-refractivity contribution is 6.42. The maximum Gasteiger partial charge on any atom is 0.411 e. The minimum Gasteiger partial charge on any atom is -0.275 e. The van der Waals surface area contributed by atoms with Crippen LogP contribution in [-0.4, -0.2) is 9.46 Å². The maximum atomic E-state index is 12.0. The van der Waals surface area contributed by atoms with E-state index in [1.54, 1.807) is 0 Å². The van der Waals surface area contributed by atoms with Gasteiger partial charge in [0.25, 0.3) is 0 Å². The molecule has 1 saturated carbocycles. The van der Waals surface area contributed by atoms with Crippen molar-refractivity contribution in [3.8, 4) is 0 Å². The average molecular weight is 164 g/mol. The first-order valence-corrected chi connectivity index (χ1v) is 5.76. The summed E-state index contributed by atoms with van der Waals surface area (Å²) in [5.74, 6) is 0.389. The van der Waals surface area contributed by atoms with Gasteiger partial charge in [0.1, 0.15) is 0 Å². The molecule has 0 spiro atoms. The van der Waals surface area contributed by atoms with Crippen LogP contribution in [0.25, 0.3) is 0 Å². The highest BCUT2D eigenvalue weighted by atomic mass is 28.4. The highest BCUT2D eigenvalue weighted by Gasteiger charge is 2.19. The molecule has 0 saturated heterocycles. The van der Waals surface area contributed by atoms with Gasteiger partial charge in [-0.05, 0) is 12.0 Å². The van der Waals surface area contributed by atoms with Crippen LogP contribution in [0.2, 0.25) is 6.04 Å². The van der Waals surface area contributed by atoms with E-state index in [-0.39, 0.29) is 6.04 Å². The summed E-state index contributed by atoms with van der Waals surface area (Å²) in [6.45, 7) is 0. The Bertz CT molecular complexity index is 89.6. The Kier molecular flexibility index (Phi) is 3.32. The minimum absolute atomic E-state index is 0.278. The molecule has 1 aliphatic carbocycles. The SMILES string of the molecule is F[SiH](F)CC1CCCCC1. The van der Waals surface area contributed by atoms with E-state index in [1.807, 2.05) is 0 Å². The zero-order chi connectivity index (χ0) is 7.40. The fourth-order valence-corrected chi connectivity index (χ4v) is 2.65. The lowest BCUT2D eigenvalue weighted by Crippen LogP contribution is -2.11. The molecule has 0 aromatic heterocycles. The molecule has 1 aliphatic rings. The van der Waals surface area contributed by atoms with Crippen LogP contribution in [0, 0.1) is 5.92 Å². The molecule has 0 nitrogen and oxygen atoms in total. The van der Waals surface area contributed by atoms with Crippen LogP contribution in [0.4, 0.5) is 8.22 Å². The first-order chi connectivity index (χ1) is 4.79. The van der Waals surface area contributed by atoms with Crippen LogP contribution in [-0.2, 0) is 0 Å². The molecule has 0 amide bonds. The Labute approximate surface area is 62.6 Å². The Hall–Kier alpha value is 0.0769. The third-order valence-electron chi connectivity index (χ3n) is 2.24. The topological polar surface area (TPSA) is 0 Å². The van der Waals surface area contributed by atoms with E-state index in [0.29, 0.717) is 5.92 Å².